The zero-order valence-electron chi connectivity index (χ0n) is 13.0. The van der Waals surface area contributed by atoms with E-state index < -0.39 is 12.1 Å². The molecule has 0 aliphatic rings. The van der Waals surface area contributed by atoms with E-state index in [4.69, 9.17) is 5.11 Å². The predicted octanol–water partition coefficient (Wildman–Crippen LogP) is 2.41. The first-order valence-corrected chi connectivity index (χ1v) is 8.07. The summed E-state index contributed by atoms with van der Waals surface area (Å²) >= 11 is 1.31. The van der Waals surface area contributed by atoms with E-state index in [1.54, 1.807) is 24.5 Å². The number of fused-ring (bicyclic) bond motifs is 1. The van der Waals surface area contributed by atoms with Crippen molar-refractivity contribution in [3.63, 3.8) is 0 Å². The van der Waals surface area contributed by atoms with Gasteiger partial charge in [0.25, 0.3) is 5.56 Å². The molecule has 3 aromatic rings. The Morgan fingerprint density at radius 3 is 2.79 bits per heavy atom. The monoisotopic (exact) mass is 345 g/mol. The van der Waals surface area contributed by atoms with E-state index >= 15 is 0 Å². The van der Waals surface area contributed by atoms with E-state index in [-0.39, 0.29) is 11.5 Å². The summed E-state index contributed by atoms with van der Waals surface area (Å²) in [5, 5.41) is 18.9. The molecule has 1 atom stereocenters. The van der Waals surface area contributed by atoms with Crippen molar-refractivity contribution in [2.75, 3.05) is 0 Å². The lowest BCUT2D eigenvalue weighted by Gasteiger charge is -2.19. The molecule has 8 nitrogen and oxygen atoms in total. The molecule has 3 N–H and O–H groups in total. The lowest BCUT2D eigenvalue weighted by Crippen LogP contribution is -2.33. The summed E-state index contributed by atoms with van der Waals surface area (Å²) in [7, 11) is 0. The van der Waals surface area contributed by atoms with Crippen molar-refractivity contribution >= 4 is 27.6 Å². The highest BCUT2D eigenvalue weighted by molar-refractivity contribution is 7.22. The van der Waals surface area contributed by atoms with Gasteiger partial charge in [-0.15, -0.1) is 11.3 Å². The summed E-state index contributed by atoms with van der Waals surface area (Å²) in [5.41, 5.74) is 1.09. The Labute approximate surface area is 140 Å². The second-order valence-corrected chi connectivity index (χ2v) is 6.63. The Kier molecular flexibility index (Phi) is 4.26. The van der Waals surface area contributed by atoms with E-state index in [1.807, 2.05) is 13.8 Å². The summed E-state index contributed by atoms with van der Waals surface area (Å²) < 4.78 is 0.489. The highest BCUT2D eigenvalue weighted by Crippen LogP contribution is 2.30. The van der Waals surface area contributed by atoms with Gasteiger partial charge in [-0.1, -0.05) is 13.8 Å². The van der Waals surface area contributed by atoms with Gasteiger partial charge in [-0.25, -0.2) is 9.78 Å². The van der Waals surface area contributed by atoms with E-state index in [0.717, 1.165) is 10.4 Å². The Bertz CT molecular complexity index is 935. The molecule has 0 saturated heterocycles. The SMILES string of the molecule is CC(C)C(NC(=O)O)c1nc2cc(-c3ccnnc3)sc2c(=O)[nH]1. The van der Waals surface area contributed by atoms with Crippen LogP contribution < -0.4 is 10.9 Å². The predicted molar refractivity (Wildman–Crippen MR) is 90.0 cm³/mol. The smallest absolute Gasteiger partial charge is 0.405 e. The van der Waals surface area contributed by atoms with Crippen LogP contribution in [0.3, 0.4) is 0 Å². The molecule has 0 saturated carbocycles. The average Bonchev–Trinajstić information content (AvgIpc) is 2.97. The van der Waals surface area contributed by atoms with Crippen LogP contribution in [0.2, 0.25) is 0 Å². The standard InChI is InChI=1S/C15H15N5O3S/c1-7(2)11(19-15(22)23)13-18-9-5-10(8-3-4-16-17-6-8)24-12(9)14(21)20-13/h3-7,11,19H,1-2H3,(H,22,23)(H,18,20,21). The molecule has 0 aliphatic carbocycles. The molecule has 0 bridgehead atoms. The maximum absolute atomic E-state index is 12.4. The van der Waals surface area contributed by atoms with Crippen LogP contribution >= 0.6 is 11.3 Å². The number of H-pyrrole nitrogens is 1. The van der Waals surface area contributed by atoms with Crippen LogP contribution in [0.4, 0.5) is 4.79 Å². The van der Waals surface area contributed by atoms with Gasteiger partial charge in [0.05, 0.1) is 24.0 Å². The molecule has 0 radical (unpaired) electrons. The van der Waals surface area contributed by atoms with Crippen LogP contribution in [-0.2, 0) is 0 Å². The van der Waals surface area contributed by atoms with E-state index in [9.17, 15) is 9.59 Å². The Hall–Kier alpha value is -2.81. The molecule has 3 rings (SSSR count). The van der Waals surface area contributed by atoms with Crippen LogP contribution in [0, 0.1) is 5.92 Å². The molecule has 24 heavy (non-hydrogen) atoms. The second kappa shape index (κ2) is 6.36. The summed E-state index contributed by atoms with van der Waals surface area (Å²) in [4.78, 5) is 31.3. The van der Waals surface area contributed by atoms with Gasteiger partial charge in [0, 0.05) is 10.4 Å². The summed E-state index contributed by atoms with van der Waals surface area (Å²) in [6, 6.07) is 3.01. The lowest BCUT2D eigenvalue weighted by molar-refractivity contribution is 0.185. The zero-order valence-corrected chi connectivity index (χ0v) is 13.8. The molecule has 0 fully saturated rings. The Morgan fingerprint density at radius 2 is 2.17 bits per heavy atom. The van der Waals surface area contributed by atoms with Gasteiger partial charge in [0.15, 0.2) is 0 Å². The molecule has 9 heteroatoms. The third-order valence-corrected chi connectivity index (χ3v) is 4.68. The fraction of sp³-hybridized carbons (Fsp3) is 0.267. The molecule has 1 unspecified atom stereocenters. The number of nitrogens with one attached hydrogen (secondary N) is 2. The number of aromatic nitrogens is 4. The first-order chi connectivity index (χ1) is 11.5. The number of rotatable bonds is 4. The normalized spacial score (nSPS) is 12.5. The molecular weight excluding hydrogens is 330 g/mol. The van der Waals surface area contributed by atoms with Crippen molar-refractivity contribution in [2.24, 2.45) is 5.92 Å². The Morgan fingerprint density at radius 1 is 1.38 bits per heavy atom. The highest BCUT2D eigenvalue weighted by Gasteiger charge is 2.22. The van der Waals surface area contributed by atoms with Crippen LogP contribution in [0.25, 0.3) is 20.7 Å². The van der Waals surface area contributed by atoms with Crippen molar-refractivity contribution in [1.29, 1.82) is 0 Å². The van der Waals surface area contributed by atoms with Gasteiger partial charge < -0.3 is 15.4 Å². The van der Waals surface area contributed by atoms with Crippen LogP contribution in [0.1, 0.15) is 25.7 Å². The van der Waals surface area contributed by atoms with E-state index in [0.29, 0.717) is 16.0 Å². The number of nitrogens with zero attached hydrogens (tertiary/aromatic N) is 3. The molecule has 0 aromatic carbocycles. The lowest BCUT2D eigenvalue weighted by atomic mass is 10.0. The van der Waals surface area contributed by atoms with Gasteiger partial charge in [-0.3, -0.25) is 4.79 Å². The van der Waals surface area contributed by atoms with Crippen molar-refractivity contribution < 1.29 is 9.90 Å². The number of amides is 1. The fourth-order valence-corrected chi connectivity index (χ4v) is 3.35. The molecule has 3 aromatic heterocycles. The summed E-state index contributed by atoms with van der Waals surface area (Å²) in [6.45, 7) is 3.71. The molecule has 0 spiro atoms. The van der Waals surface area contributed by atoms with Gasteiger partial charge >= 0.3 is 6.09 Å². The number of carboxylic acid groups (broad SMARTS) is 1. The van der Waals surface area contributed by atoms with Gasteiger partial charge in [-0.05, 0) is 18.1 Å². The number of thiophene rings is 1. The van der Waals surface area contributed by atoms with Gasteiger partial charge in [0.1, 0.15) is 10.5 Å². The van der Waals surface area contributed by atoms with Crippen LogP contribution in [-0.4, -0.2) is 31.4 Å². The van der Waals surface area contributed by atoms with Gasteiger partial charge in [-0.2, -0.15) is 10.2 Å². The summed E-state index contributed by atoms with van der Waals surface area (Å²) in [5.74, 6) is 0.242. The third-order valence-electron chi connectivity index (χ3n) is 3.51. The first-order valence-electron chi connectivity index (χ1n) is 7.26. The van der Waals surface area contributed by atoms with Crippen molar-refractivity contribution in [1.82, 2.24) is 25.5 Å². The molecule has 1 amide bonds. The highest BCUT2D eigenvalue weighted by atomic mass is 32.1. The average molecular weight is 345 g/mol. The number of hydrogen-bond donors (Lipinski definition) is 3. The van der Waals surface area contributed by atoms with Gasteiger partial charge in [0.2, 0.25) is 0 Å². The quantitative estimate of drug-likeness (QED) is 0.667. The van der Waals surface area contributed by atoms with E-state index in [2.05, 4.69) is 25.5 Å². The second-order valence-electron chi connectivity index (χ2n) is 5.58. The van der Waals surface area contributed by atoms with Crippen LogP contribution in [0.5, 0.6) is 0 Å². The third kappa shape index (κ3) is 3.11. The van der Waals surface area contributed by atoms with E-state index in [1.165, 1.54) is 11.3 Å². The zero-order chi connectivity index (χ0) is 17.3. The topological polar surface area (TPSA) is 121 Å². The minimum atomic E-state index is -1.16. The van der Waals surface area contributed by atoms with Crippen molar-refractivity contribution in [2.45, 2.75) is 19.9 Å². The maximum atomic E-state index is 12.4. The minimum absolute atomic E-state index is 0.0656. The minimum Gasteiger partial charge on any atom is -0.465 e. The summed E-state index contributed by atoms with van der Waals surface area (Å²) in [6.07, 6.45) is 2.03. The maximum Gasteiger partial charge on any atom is 0.405 e. The Balaban J connectivity index is 2.09. The largest absolute Gasteiger partial charge is 0.465 e. The number of carbonyl (C=O) groups is 1. The number of aromatic amines is 1. The first kappa shape index (κ1) is 16.1. The molecular formula is C15H15N5O3S. The molecule has 124 valence electrons. The number of hydrogen-bond acceptors (Lipinski definition) is 6. The van der Waals surface area contributed by atoms with Crippen molar-refractivity contribution in [3.8, 4) is 10.4 Å². The molecule has 3 heterocycles. The molecule has 0 aliphatic heterocycles. The van der Waals surface area contributed by atoms with Crippen molar-refractivity contribution in [3.05, 3.63) is 40.7 Å². The fourth-order valence-electron chi connectivity index (χ4n) is 2.37. The van der Waals surface area contributed by atoms with Crippen LogP contribution in [0.15, 0.2) is 29.3 Å².